The van der Waals surface area contributed by atoms with Crippen LogP contribution in [0.5, 0.6) is 0 Å². The predicted octanol–water partition coefficient (Wildman–Crippen LogP) is -1.06. The maximum atomic E-state index is 9.92. The Bertz CT molecular complexity index is 106. The summed E-state index contributed by atoms with van der Waals surface area (Å²) < 4.78 is 0. The highest BCUT2D eigenvalue weighted by atomic mass is 16.2. The molecule has 0 atom stereocenters. The SMILES string of the molecule is O=C1[N]NC(=O)N1. The molecule has 5 nitrogen and oxygen atoms in total. The number of hydrogen-bond donors (Lipinski definition) is 2. The van der Waals surface area contributed by atoms with E-state index in [0.29, 0.717) is 0 Å². The van der Waals surface area contributed by atoms with Crippen LogP contribution in [0.25, 0.3) is 0 Å². The van der Waals surface area contributed by atoms with Crippen molar-refractivity contribution in [1.29, 1.82) is 0 Å². The third kappa shape index (κ3) is 0.594. The van der Waals surface area contributed by atoms with Crippen molar-refractivity contribution in [3.8, 4) is 0 Å². The molecule has 0 bridgehead atoms. The first kappa shape index (κ1) is 3.91. The summed E-state index contributed by atoms with van der Waals surface area (Å²) in [5.41, 5.74) is 4.86. The van der Waals surface area contributed by atoms with E-state index in [-0.39, 0.29) is 0 Å². The van der Waals surface area contributed by atoms with Gasteiger partial charge in [-0.15, -0.1) is 5.43 Å². The Morgan fingerprint density at radius 3 is 2.29 bits per heavy atom. The molecule has 0 aliphatic carbocycles. The summed E-state index contributed by atoms with van der Waals surface area (Å²) in [7, 11) is 0. The highest BCUT2D eigenvalue weighted by molar-refractivity contribution is 5.98. The van der Waals surface area contributed by atoms with Gasteiger partial charge < -0.3 is 0 Å². The Labute approximate surface area is 39.0 Å². The molecule has 0 unspecified atom stereocenters. The minimum absolute atomic E-state index is 0.565. The predicted molar refractivity (Wildman–Crippen MR) is 19.2 cm³/mol. The summed E-state index contributed by atoms with van der Waals surface area (Å²) in [4.78, 5) is 19.8. The van der Waals surface area contributed by atoms with Crippen LogP contribution < -0.4 is 16.2 Å². The molecule has 1 rings (SSSR count). The fourth-order valence-electron chi connectivity index (χ4n) is 0.255. The lowest BCUT2D eigenvalue weighted by atomic mass is 11.0. The van der Waals surface area contributed by atoms with Crippen molar-refractivity contribution in [2.24, 2.45) is 0 Å². The number of nitrogens with one attached hydrogen (secondary N) is 2. The molecule has 4 amide bonds. The lowest BCUT2D eigenvalue weighted by Gasteiger charge is -1.75. The number of urea groups is 2. The first-order valence-corrected chi connectivity index (χ1v) is 1.61. The van der Waals surface area contributed by atoms with Gasteiger partial charge in [-0.2, -0.15) is 0 Å². The molecule has 0 aromatic rings. The van der Waals surface area contributed by atoms with Gasteiger partial charge >= 0.3 is 12.1 Å². The van der Waals surface area contributed by atoms with Crippen LogP contribution in [0, 0.1) is 0 Å². The van der Waals surface area contributed by atoms with E-state index in [1.165, 1.54) is 0 Å². The van der Waals surface area contributed by atoms with Crippen molar-refractivity contribution in [3.05, 3.63) is 0 Å². The molecule has 0 spiro atoms. The van der Waals surface area contributed by atoms with Gasteiger partial charge in [0.25, 0.3) is 0 Å². The third-order valence-electron chi connectivity index (χ3n) is 0.479. The zero-order valence-corrected chi connectivity index (χ0v) is 3.26. The molecular formula is C2H2N3O2. The van der Waals surface area contributed by atoms with Gasteiger partial charge in [0.1, 0.15) is 0 Å². The molecule has 0 saturated carbocycles. The monoisotopic (exact) mass is 100 g/mol. The van der Waals surface area contributed by atoms with Crippen molar-refractivity contribution in [2.75, 3.05) is 0 Å². The Balaban J connectivity index is 2.55. The zero-order valence-electron chi connectivity index (χ0n) is 3.26. The van der Waals surface area contributed by atoms with Crippen molar-refractivity contribution < 1.29 is 9.59 Å². The molecule has 7 heavy (non-hydrogen) atoms. The highest BCUT2D eigenvalue weighted by Gasteiger charge is 2.16. The Morgan fingerprint density at radius 1 is 1.43 bits per heavy atom. The molecule has 0 aromatic heterocycles. The Morgan fingerprint density at radius 2 is 2.14 bits per heavy atom. The van der Waals surface area contributed by atoms with E-state index >= 15 is 0 Å². The fraction of sp³-hybridized carbons (Fsp3) is 0. The lowest BCUT2D eigenvalue weighted by Crippen LogP contribution is -2.21. The van der Waals surface area contributed by atoms with Crippen LogP contribution in [0.15, 0.2) is 0 Å². The van der Waals surface area contributed by atoms with E-state index in [4.69, 9.17) is 0 Å². The topological polar surface area (TPSA) is 72.3 Å². The fourth-order valence-corrected chi connectivity index (χ4v) is 0.255. The van der Waals surface area contributed by atoms with Gasteiger partial charge in [-0.05, 0) is 0 Å². The molecule has 1 radical (unpaired) electrons. The van der Waals surface area contributed by atoms with E-state index in [0.717, 1.165) is 0 Å². The van der Waals surface area contributed by atoms with Crippen LogP contribution in [0.2, 0.25) is 0 Å². The maximum absolute atomic E-state index is 9.92. The van der Waals surface area contributed by atoms with Crippen molar-refractivity contribution in [2.45, 2.75) is 0 Å². The summed E-state index contributed by atoms with van der Waals surface area (Å²) in [5.74, 6) is 0. The summed E-state index contributed by atoms with van der Waals surface area (Å²) in [6.45, 7) is 0. The molecule has 0 aromatic carbocycles. The number of amides is 4. The van der Waals surface area contributed by atoms with E-state index in [9.17, 15) is 9.59 Å². The molecule has 37 valence electrons. The molecule has 2 N–H and O–H groups in total. The molecule has 1 heterocycles. The van der Waals surface area contributed by atoms with Gasteiger partial charge in [0.2, 0.25) is 0 Å². The second-order valence-corrected chi connectivity index (χ2v) is 0.983. The van der Waals surface area contributed by atoms with Gasteiger partial charge in [0.15, 0.2) is 0 Å². The van der Waals surface area contributed by atoms with Crippen molar-refractivity contribution in [1.82, 2.24) is 16.2 Å². The summed E-state index contributed by atoms with van der Waals surface area (Å²) in [5, 5.41) is 1.86. The van der Waals surface area contributed by atoms with E-state index in [1.807, 2.05) is 10.7 Å². The molecule has 1 aliphatic heterocycles. The van der Waals surface area contributed by atoms with Gasteiger partial charge in [0, 0.05) is 0 Å². The van der Waals surface area contributed by atoms with E-state index in [1.54, 1.807) is 0 Å². The van der Waals surface area contributed by atoms with Gasteiger partial charge in [0.05, 0.1) is 0 Å². The summed E-state index contributed by atoms with van der Waals surface area (Å²) in [6, 6.07) is -1.20. The average Bonchev–Trinajstić information content (AvgIpc) is 1.87. The highest BCUT2D eigenvalue weighted by Crippen LogP contribution is 1.72. The van der Waals surface area contributed by atoms with E-state index in [2.05, 4.69) is 5.43 Å². The number of carbonyl (C=O) groups excluding carboxylic acids is 2. The lowest BCUT2D eigenvalue weighted by molar-refractivity contribution is 0.243. The number of rotatable bonds is 0. The van der Waals surface area contributed by atoms with Gasteiger partial charge in [-0.3, -0.25) is 5.32 Å². The number of nitrogens with zero attached hydrogens (tertiary/aromatic N) is 1. The Hall–Kier alpha value is -1.26. The van der Waals surface area contributed by atoms with Crippen LogP contribution in [-0.4, -0.2) is 12.1 Å². The van der Waals surface area contributed by atoms with Crippen LogP contribution >= 0.6 is 0 Å². The minimum atomic E-state index is -0.634. The van der Waals surface area contributed by atoms with Crippen LogP contribution in [0.1, 0.15) is 0 Å². The standard InChI is InChI=1S/C2H2N3O2/c6-1-3-2(7)5-4-1/h(H2,3,4,6,7). The Kier molecular flexibility index (Phi) is 0.619. The van der Waals surface area contributed by atoms with Crippen molar-refractivity contribution >= 4 is 12.1 Å². The average molecular weight is 100 g/mol. The quantitative estimate of drug-likeness (QED) is 0.407. The molecule has 1 saturated heterocycles. The first-order chi connectivity index (χ1) is 3.29. The van der Waals surface area contributed by atoms with Crippen molar-refractivity contribution in [3.63, 3.8) is 0 Å². The van der Waals surface area contributed by atoms with Crippen LogP contribution in [-0.2, 0) is 0 Å². The largest absolute Gasteiger partial charge is 0.365 e. The second kappa shape index (κ2) is 1.11. The minimum Gasteiger partial charge on any atom is -0.255 e. The number of carbonyl (C=O) groups is 2. The molecular weight excluding hydrogens is 98.0 g/mol. The van der Waals surface area contributed by atoms with E-state index < -0.39 is 12.1 Å². The molecule has 5 heteroatoms. The molecule has 1 aliphatic rings. The van der Waals surface area contributed by atoms with Crippen LogP contribution in [0.3, 0.4) is 0 Å². The summed E-state index contributed by atoms with van der Waals surface area (Å²) >= 11 is 0. The second-order valence-electron chi connectivity index (χ2n) is 0.983. The normalized spacial score (nSPS) is 17.7. The smallest absolute Gasteiger partial charge is 0.255 e. The third-order valence-corrected chi connectivity index (χ3v) is 0.479. The first-order valence-electron chi connectivity index (χ1n) is 1.61. The zero-order chi connectivity index (χ0) is 5.28. The molecule has 1 fully saturated rings. The number of imide groups is 1. The number of hydrogen-bond acceptors (Lipinski definition) is 2. The summed E-state index contributed by atoms with van der Waals surface area (Å²) in [6.07, 6.45) is 0. The van der Waals surface area contributed by atoms with Crippen LogP contribution in [0.4, 0.5) is 9.59 Å². The van der Waals surface area contributed by atoms with Gasteiger partial charge in [-0.1, -0.05) is 0 Å². The van der Waals surface area contributed by atoms with Gasteiger partial charge in [-0.25, -0.2) is 15.0 Å². The maximum Gasteiger partial charge on any atom is 0.365 e.